The molecule has 0 fully saturated rings. The Labute approximate surface area is 177 Å². The molecule has 0 atom stereocenters. The van der Waals surface area contributed by atoms with Gasteiger partial charge in [0.15, 0.2) is 0 Å². The van der Waals surface area contributed by atoms with Crippen molar-refractivity contribution in [2.24, 2.45) is 0 Å². The normalized spacial score (nSPS) is 12.3. The van der Waals surface area contributed by atoms with E-state index in [4.69, 9.17) is 0 Å². The largest absolute Gasteiger partial charge is 0.477 e. The fourth-order valence-electron chi connectivity index (χ4n) is 2.55. The van der Waals surface area contributed by atoms with Crippen molar-refractivity contribution in [3.05, 3.63) is 53.2 Å². The van der Waals surface area contributed by atoms with Crippen LogP contribution in [0.15, 0.2) is 47.6 Å². The van der Waals surface area contributed by atoms with Gasteiger partial charge in [0.2, 0.25) is 0 Å². The topological polar surface area (TPSA) is 139 Å². The van der Waals surface area contributed by atoms with Crippen LogP contribution in [0.3, 0.4) is 0 Å². The van der Waals surface area contributed by atoms with Gasteiger partial charge in [0, 0.05) is 24.5 Å². The SMILES string of the molecule is Cc1ccccc1S(=O)(=O)Nc1cc(-c2cnn(S(=O)(=O)N(C)C)c2)sc1C(=O)O. The Hall–Kier alpha value is -2.74. The number of aryl methyl sites for hydroxylation is 1. The fraction of sp³-hybridized carbons (Fsp3) is 0.176. The maximum absolute atomic E-state index is 12.8. The average molecular weight is 471 g/mol. The van der Waals surface area contributed by atoms with Gasteiger partial charge in [0.05, 0.1) is 23.0 Å². The predicted molar refractivity (Wildman–Crippen MR) is 112 cm³/mol. The second-order valence-electron chi connectivity index (χ2n) is 6.42. The highest BCUT2D eigenvalue weighted by Crippen LogP contribution is 2.36. The molecule has 0 aliphatic heterocycles. The van der Waals surface area contributed by atoms with Crippen LogP contribution in [0.5, 0.6) is 0 Å². The van der Waals surface area contributed by atoms with E-state index in [1.165, 1.54) is 38.6 Å². The first-order chi connectivity index (χ1) is 13.9. The number of anilines is 1. The Morgan fingerprint density at radius 3 is 2.47 bits per heavy atom. The Morgan fingerprint density at radius 2 is 1.87 bits per heavy atom. The van der Waals surface area contributed by atoms with E-state index in [2.05, 4.69) is 9.82 Å². The van der Waals surface area contributed by atoms with Crippen LogP contribution in [0.4, 0.5) is 5.69 Å². The number of aromatic nitrogens is 2. The van der Waals surface area contributed by atoms with E-state index < -0.39 is 26.2 Å². The number of hydrogen-bond acceptors (Lipinski definition) is 7. The van der Waals surface area contributed by atoms with Crippen molar-refractivity contribution in [1.82, 2.24) is 13.5 Å². The lowest BCUT2D eigenvalue weighted by atomic mass is 10.2. The second-order valence-corrected chi connectivity index (χ2v) is 11.1. The van der Waals surface area contributed by atoms with Crippen molar-refractivity contribution < 1.29 is 26.7 Å². The molecule has 0 aliphatic rings. The maximum atomic E-state index is 12.8. The van der Waals surface area contributed by atoms with Gasteiger partial charge in [0.25, 0.3) is 10.0 Å². The van der Waals surface area contributed by atoms with Gasteiger partial charge in [0.1, 0.15) is 4.88 Å². The molecule has 3 aromatic rings. The van der Waals surface area contributed by atoms with E-state index in [1.54, 1.807) is 25.1 Å². The van der Waals surface area contributed by atoms with Gasteiger partial charge in [-0.3, -0.25) is 4.72 Å². The number of nitrogens with zero attached hydrogens (tertiary/aromatic N) is 3. The summed E-state index contributed by atoms with van der Waals surface area (Å²) in [6.45, 7) is 1.63. The van der Waals surface area contributed by atoms with Crippen LogP contribution in [-0.4, -0.2) is 55.5 Å². The minimum absolute atomic E-state index is 0.0268. The van der Waals surface area contributed by atoms with Crippen LogP contribution in [0.2, 0.25) is 0 Å². The zero-order valence-electron chi connectivity index (χ0n) is 16.1. The molecule has 0 amide bonds. The number of benzene rings is 1. The van der Waals surface area contributed by atoms with Crippen molar-refractivity contribution in [3.63, 3.8) is 0 Å². The molecule has 0 bridgehead atoms. The molecule has 3 rings (SSSR count). The summed E-state index contributed by atoms with van der Waals surface area (Å²) >= 11 is 0.805. The number of carboxylic acids is 1. The Morgan fingerprint density at radius 1 is 1.20 bits per heavy atom. The van der Waals surface area contributed by atoms with Crippen molar-refractivity contribution in [3.8, 4) is 10.4 Å². The van der Waals surface area contributed by atoms with Gasteiger partial charge in [-0.1, -0.05) is 18.2 Å². The highest BCUT2D eigenvalue weighted by atomic mass is 32.2. The highest BCUT2D eigenvalue weighted by Gasteiger charge is 2.24. The van der Waals surface area contributed by atoms with E-state index in [9.17, 15) is 26.7 Å². The number of thiophene rings is 1. The summed E-state index contributed by atoms with van der Waals surface area (Å²) in [6.07, 6.45) is 2.49. The van der Waals surface area contributed by atoms with Gasteiger partial charge < -0.3 is 5.11 Å². The molecule has 0 saturated carbocycles. The molecule has 30 heavy (non-hydrogen) atoms. The summed E-state index contributed by atoms with van der Waals surface area (Å²) in [5.41, 5.74) is 0.718. The minimum atomic E-state index is -4.03. The number of sulfonamides is 1. The van der Waals surface area contributed by atoms with Gasteiger partial charge >= 0.3 is 16.2 Å². The third-order valence-electron chi connectivity index (χ3n) is 4.10. The molecule has 2 N–H and O–H groups in total. The lowest BCUT2D eigenvalue weighted by Crippen LogP contribution is -2.29. The molecular weight excluding hydrogens is 452 g/mol. The van der Waals surface area contributed by atoms with E-state index in [0.29, 0.717) is 16.0 Å². The number of carbonyl (C=O) groups is 1. The molecule has 0 saturated heterocycles. The Balaban J connectivity index is 2.03. The average Bonchev–Trinajstić information content (AvgIpc) is 3.28. The molecule has 2 aromatic heterocycles. The van der Waals surface area contributed by atoms with Crippen molar-refractivity contribution in [1.29, 1.82) is 0 Å². The molecular formula is C17H18N4O6S3. The molecule has 0 aliphatic carbocycles. The van der Waals surface area contributed by atoms with Crippen LogP contribution in [0, 0.1) is 6.92 Å². The summed E-state index contributed by atoms with van der Waals surface area (Å²) in [5.74, 6) is -1.32. The van der Waals surface area contributed by atoms with Crippen LogP contribution >= 0.6 is 11.3 Å². The Bertz CT molecular complexity index is 1320. The monoisotopic (exact) mass is 470 g/mol. The van der Waals surface area contributed by atoms with Crippen LogP contribution < -0.4 is 4.72 Å². The predicted octanol–water partition coefficient (Wildman–Crippen LogP) is 2.07. The Kier molecular flexibility index (Phi) is 5.73. The molecule has 1 aromatic carbocycles. The quantitative estimate of drug-likeness (QED) is 0.539. The summed E-state index contributed by atoms with van der Waals surface area (Å²) in [7, 11) is -5.17. The summed E-state index contributed by atoms with van der Waals surface area (Å²) in [6, 6.07) is 7.65. The second kappa shape index (κ2) is 7.83. The first-order valence-electron chi connectivity index (χ1n) is 8.37. The molecule has 160 valence electrons. The molecule has 0 unspecified atom stereocenters. The van der Waals surface area contributed by atoms with Gasteiger partial charge in [-0.25, -0.2) is 13.2 Å². The number of nitrogens with one attached hydrogen (secondary N) is 1. The smallest absolute Gasteiger partial charge is 0.348 e. The minimum Gasteiger partial charge on any atom is -0.477 e. The first-order valence-corrected chi connectivity index (χ1v) is 12.1. The van der Waals surface area contributed by atoms with Gasteiger partial charge in [-0.15, -0.1) is 11.3 Å². The van der Waals surface area contributed by atoms with Crippen molar-refractivity contribution >= 4 is 43.2 Å². The van der Waals surface area contributed by atoms with E-state index in [-0.39, 0.29) is 15.5 Å². The molecule has 10 nitrogen and oxygen atoms in total. The fourth-order valence-corrected chi connectivity index (χ4v) is 5.60. The lowest BCUT2D eigenvalue weighted by Gasteiger charge is -2.09. The van der Waals surface area contributed by atoms with E-state index in [0.717, 1.165) is 19.7 Å². The number of rotatable bonds is 7. The van der Waals surface area contributed by atoms with Crippen LogP contribution in [0.25, 0.3) is 10.4 Å². The van der Waals surface area contributed by atoms with Gasteiger partial charge in [-0.05, 0) is 24.6 Å². The van der Waals surface area contributed by atoms with Crippen LogP contribution in [0.1, 0.15) is 15.2 Å². The third kappa shape index (κ3) is 4.09. The van der Waals surface area contributed by atoms with E-state index >= 15 is 0 Å². The first kappa shape index (κ1) is 22.0. The van der Waals surface area contributed by atoms with Gasteiger partial charge in [-0.2, -0.15) is 21.9 Å². The molecule has 2 heterocycles. The number of carboxylic acid groups (broad SMARTS) is 1. The summed E-state index contributed by atoms with van der Waals surface area (Å²) < 4.78 is 53.9. The highest BCUT2D eigenvalue weighted by molar-refractivity contribution is 7.92. The number of hydrogen-bond donors (Lipinski definition) is 2. The zero-order chi connectivity index (χ0) is 22.3. The number of aromatic carboxylic acids is 1. The summed E-state index contributed by atoms with van der Waals surface area (Å²) in [5, 5.41) is 13.3. The zero-order valence-corrected chi connectivity index (χ0v) is 18.5. The van der Waals surface area contributed by atoms with Crippen molar-refractivity contribution in [2.45, 2.75) is 11.8 Å². The molecule has 0 spiro atoms. The maximum Gasteiger partial charge on any atom is 0.348 e. The molecule has 13 heteroatoms. The van der Waals surface area contributed by atoms with Crippen molar-refractivity contribution in [2.75, 3.05) is 18.8 Å². The van der Waals surface area contributed by atoms with E-state index in [1.807, 2.05) is 0 Å². The molecule has 0 radical (unpaired) electrons. The third-order valence-corrected chi connectivity index (χ3v) is 8.39. The summed E-state index contributed by atoms with van der Waals surface area (Å²) in [4.78, 5) is 11.8. The standard InChI is InChI=1S/C17H18N4O6S3/c1-11-6-4-5-7-15(11)29(24,25)19-13-8-14(28-16(13)17(22)23)12-9-18-21(10-12)30(26,27)20(2)3/h4-10,19H,1-3H3,(H,22,23). The van der Waals surface area contributed by atoms with Crippen LogP contribution in [-0.2, 0) is 20.2 Å². The lowest BCUT2D eigenvalue weighted by molar-refractivity contribution is 0.0703.